The van der Waals surface area contributed by atoms with E-state index in [4.69, 9.17) is 0 Å². The Balaban J connectivity index is 2.23. The van der Waals surface area contributed by atoms with Crippen LogP contribution in [0.15, 0.2) is 34.9 Å². The van der Waals surface area contributed by atoms with Gasteiger partial charge in [0.25, 0.3) is 5.91 Å². The average Bonchev–Trinajstić information content (AvgIpc) is 2.33. The number of benzene rings is 1. The van der Waals surface area contributed by atoms with Crippen molar-refractivity contribution in [3.8, 4) is 0 Å². The Morgan fingerprint density at radius 3 is 2.79 bits per heavy atom. The first-order valence-electron chi connectivity index (χ1n) is 5.36. The highest BCUT2D eigenvalue weighted by molar-refractivity contribution is 14.1. The Bertz CT molecular complexity index is 649. The lowest BCUT2D eigenvalue weighted by Gasteiger charge is -2.07. The van der Waals surface area contributed by atoms with Gasteiger partial charge in [0.15, 0.2) is 0 Å². The van der Waals surface area contributed by atoms with Crippen LogP contribution in [0.4, 0.5) is 10.2 Å². The van der Waals surface area contributed by atoms with Crippen molar-refractivity contribution >= 4 is 50.2 Å². The van der Waals surface area contributed by atoms with Gasteiger partial charge in [-0.3, -0.25) is 4.79 Å². The quantitative estimate of drug-likeness (QED) is 0.721. The van der Waals surface area contributed by atoms with E-state index in [1.165, 1.54) is 18.2 Å². The van der Waals surface area contributed by atoms with Crippen molar-refractivity contribution in [2.24, 2.45) is 0 Å². The third-order valence-corrected chi connectivity index (χ3v) is 4.19. The molecule has 19 heavy (non-hydrogen) atoms. The summed E-state index contributed by atoms with van der Waals surface area (Å²) in [6.07, 6.45) is 1.63. The predicted molar refractivity (Wildman–Crippen MR) is 83.7 cm³/mol. The van der Waals surface area contributed by atoms with E-state index in [1.54, 1.807) is 12.3 Å². The van der Waals surface area contributed by atoms with E-state index in [2.05, 4.69) is 26.2 Å². The summed E-state index contributed by atoms with van der Waals surface area (Å²) in [6.45, 7) is 1.91. The summed E-state index contributed by atoms with van der Waals surface area (Å²) in [4.78, 5) is 16.1. The zero-order valence-electron chi connectivity index (χ0n) is 9.88. The van der Waals surface area contributed by atoms with E-state index < -0.39 is 0 Å². The van der Waals surface area contributed by atoms with Gasteiger partial charge in [-0.05, 0) is 75.3 Å². The Morgan fingerprint density at radius 2 is 2.16 bits per heavy atom. The number of anilines is 1. The maximum Gasteiger partial charge on any atom is 0.257 e. The van der Waals surface area contributed by atoms with Gasteiger partial charge >= 0.3 is 0 Å². The minimum atomic E-state index is -0.362. The Morgan fingerprint density at radius 1 is 1.42 bits per heavy atom. The molecule has 0 atom stereocenters. The Labute approximate surface area is 131 Å². The van der Waals surface area contributed by atoms with Crippen LogP contribution in [0, 0.1) is 16.3 Å². The first-order chi connectivity index (χ1) is 8.97. The molecule has 1 N–H and O–H groups in total. The maximum atomic E-state index is 13.0. The fourth-order valence-electron chi connectivity index (χ4n) is 1.46. The van der Waals surface area contributed by atoms with Crippen molar-refractivity contribution < 1.29 is 9.18 Å². The molecular formula is C13H9BrFIN2O. The SMILES string of the molecule is Cc1cc(NC(=O)c2ccc(F)cc2I)ncc1Br. The zero-order chi connectivity index (χ0) is 14.0. The number of nitrogens with zero attached hydrogens (tertiary/aromatic N) is 1. The molecule has 98 valence electrons. The highest BCUT2D eigenvalue weighted by atomic mass is 127. The normalized spacial score (nSPS) is 10.3. The van der Waals surface area contributed by atoms with Crippen LogP contribution in [0.25, 0.3) is 0 Å². The third-order valence-electron chi connectivity index (χ3n) is 2.46. The Kier molecular flexibility index (Phi) is 4.51. The van der Waals surface area contributed by atoms with E-state index in [1.807, 2.05) is 29.5 Å². The molecule has 0 fully saturated rings. The molecule has 3 nitrogen and oxygen atoms in total. The zero-order valence-corrected chi connectivity index (χ0v) is 13.6. The monoisotopic (exact) mass is 434 g/mol. The number of hydrogen-bond donors (Lipinski definition) is 1. The lowest BCUT2D eigenvalue weighted by atomic mass is 10.2. The number of rotatable bonds is 2. The summed E-state index contributed by atoms with van der Waals surface area (Å²) in [6, 6.07) is 5.80. The van der Waals surface area contributed by atoms with Gasteiger partial charge in [-0.25, -0.2) is 9.37 Å². The topological polar surface area (TPSA) is 42.0 Å². The smallest absolute Gasteiger partial charge is 0.257 e. The molecule has 1 heterocycles. The molecule has 0 aliphatic rings. The molecule has 2 rings (SSSR count). The van der Waals surface area contributed by atoms with Crippen LogP contribution in [0.2, 0.25) is 0 Å². The first kappa shape index (κ1) is 14.4. The van der Waals surface area contributed by atoms with Crippen molar-refractivity contribution in [3.05, 3.63) is 55.4 Å². The van der Waals surface area contributed by atoms with E-state index in [0.717, 1.165) is 10.0 Å². The molecule has 6 heteroatoms. The summed E-state index contributed by atoms with van der Waals surface area (Å²) >= 11 is 5.27. The van der Waals surface area contributed by atoms with Crippen LogP contribution in [0.1, 0.15) is 15.9 Å². The summed E-state index contributed by atoms with van der Waals surface area (Å²) in [7, 11) is 0. The molecule has 1 aromatic heterocycles. The molecule has 0 unspecified atom stereocenters. The largest absolute Gasteiger partial charge is 0.307 e. The van der Waals surface area contributed by atoms with Gasteiger partial charge in [-0.15, -0.1) is 0 Å². The van der Waals surface area contributed by atoms with Crippen molar-refractivity contribution in [1.82, 2.24) is 4.98 Å². The van der Waals surface area contributed by atoms with Gasteiger partial charge in [0, 0.05) is 14.2 Å². The van der Waals surface area contributed by atoms with Crippen LogP contribution < -0.4 is 5.32 Å². The first-order valence-corrected chi connectivity index (χ1v) is 7.23. The average molecular weight is 435 g/mol. The lowest BCUT2D eigenvalue weighted by Crippen LogP contribution is -2.14. The van der Waals surface area contributed by atoms with E-state index in [9.17, 15) is 9.18 Å². The second kappa shape index (κ2) is 5.96. The van der Waals surface area contributed by atoms with Crippen molar-refractivity contribution in [1.29, 1.82) is 0 Å². The molecule has 1 amide bonds. The number of amides is 1. The molecule has 0 aliphatic carbocycles. The number of hydrogen-bond acceptors (Lipinski definition) is 2. The minimum absolute atomic E-state index is 0.307. The van der Waals surface area contributed by atoms with E-state index in [-0.39, 0.29) is 11.7 Å². The molecular weight excluding hydrogens is 426 g/mol. The number of nitrogens with one attached hydrogen (secondary N) is 1. The highest BCUT2D eigenvalue weighted by Gasteiger charge is 2.11. The Hall–Kier alpha value is -1.02. The standard InChI is InChI=1S/C13H9BrFIN2O/c1-7-4-12(17-6-10(7)14)18-13(19)9-3-2-8(15)5-11(9)16/h2-6H,1H3,(H,17,18,19). The number of pyridine rings is 1. The van der Waals surface area contributed by atoms with Crippen molar-refractivity contribution in [2.45, 2.75) is 6.92 Å². The van der Waals surface area contributed by atoms with Crippen LogP contribution in [-0.4, -0.2) is 10.9 Å². The number of aryl methyl sites for hydroxylation is 1. The second-order valence-corrected chi connectivity index (χ2v) is 5.91. The van der Waals surface area contributed by atoms with Gasteiger partial charge in [0.1, 0.15) is 11.6 Å². The second-order valence-electron chi connectivity index (χ2n) is 3.90. The van der Waals surface area contributed by atoms with Crippen LogP contribution >= 0.6 is 38.5 Å². The molecule has 0 saturated heterocycles. The molecule has 0 aliphatic heterocycles. The third kappa shape index (κ3) is 3.50. The predicted octanol–water partition coefficient (Wildman–Crippen LogP) is 4.15. The van der Waals surface area contributed by atoms with Gasteiger partial charge in [-0.2, -0.15) is 0 Å². The van der Waals surface area contributed by atoms with E-state index >= 15 is 0 Å². The maximum absolute atomic E-state index is 13.0. The van der Waals surface area contributed by atoms with Crippen molar-refractivity contribution in [2.75, 3.05) is 5.32 Å². The lowest BCUT2D eigenvalue weighted by molar-refractivity contribution is 0.102. The summed E-state index contributed by atoms with van der Waals surface area (Å²) in [5.74, 6) is -0.206. The number of halogens is 3. The molecule has 0 spiro atoms. The number of carbonyl (C=O) groups excluding carboxylic acids is 1. The molecule has 0 bridgehead atoms. The minimum Gasteiger partial charge on any atom is -0.307 e. The van der Waals surface area contributed by atoms with Crippen molar-refractivity contribution in [3.63, 3.8) is 0 Å². The fourth-order valence-corrected chi connectivity index (χ4v) is 2.40. The number of carbonyl (C=O) groups is 1. The van der Waals surface area contributed by atoms with Crippen LogP contribution in [0.5, 0.6) is 0 Å². The summed E-state index contributed by atoms with van der Waals surface area (Å²) in [5, 5.41) is 2.69. The van der Waals surface area contributed by atoms with Gasteiger partial charge in [-0.1, -0.05) is 0 Å². The fraction of sp³-hybridized carbons (Fsp3) is 0.0769. The molecule has 0 saturated carbocycles. The summed E-state index contributed by atoms with van der Waals surface area (Å²) < 4.78 is 14.4. The van der Waals surface area contributed by atoms with Gasteiger partial charge in [0.05, 0.1) is 5.56 Å². The summed E-state index contributed by atoms with van der Waals surface area (Å²) in [5.41, 5.74) is 1.39. The van der Waals surface area contributed by atoms with Gasteiger partial charge in [0.2, 0.25) is 0 Å². The number of aromatic nitrogens is 1. The molecule has 1 aromatic carbocycles. The highest BCUT2D eigenvalue weighted by Crippen LogP contribution is 2.19. The van der Waals surface area contributed by atoms with Crippen LogP contribution in [-0.2, 0) is 0 Å². The molecule has 0 radical (unpaired) electrons. The van der Waals surface area contributed by atoms with E-state index in [0.29, 0.717) is 15.0 Å². The molecule has 2 aromatic rings. The van der Waals surface area contributed by atoms with Crippen LogP contribution in [0.3, 0.4) is 0 Å². The van der Waals surface area contributed by atoms with Gasteiger partial charge < -0.3 is 5.32 Å².